The monoisotopic (exact) mass is 488 g/mol. The van der Waals surface area contributed by atoms with E-state index in [0.717, 1.165) is 33.3 Å². The molecule has 4 aromatic rings. The molecule has 0 aliphatic heterocycles. The third-order valence-corrected chi connectivity index (χ3v) is 5.44. The average molecular weight is 489 g/mol. The Balaban J connectivity index is 1.83. The molecule has 0 amide bonds. The van der Waals surface area contributed by atoms with Crippen LogP contribution in [0.4, 0.5) is 11.4 Å². The number of fused-ring (bicyclic) bond motifs is 1. The number of anilines is 2. The van der Waals surface area contributed by atoms with Crippen LogP contribution in [0.2, 0.25) is 0 Å². The van der Waals surface area contributed by atoms with E-state index < -0.39 is 6.73 Å². The molecule has 0 spiro atoms. The number of aliphatic hydroxyl groups is 1. The van der Waals surface area contributed by atoms with Crippen molar-refractivity contribution in [2.24, 2.45) is 18.0 Å². The maximum atomic E-state index is 9.32. The number of benzene rings is 2. The smallest absolute Gasteiger partial charge is 0.148 e. The van der Waals surface area contributed by atoms with Gasteiger partial charge in [0.1, 0.15) is 18.2 Å². The highest BCUT2D eigenvalue weighted by Crippen LogP contribution is 2.34. The molecule has 11 nitrogen and oxygen atoms in total. The molecule has 11 heteroatoms. The van der Waals surface area contributed by atoms with Gasteiger partial charge in [-0.25, -0.2) is 15.9 Å². The van der Waals surface area contributed by atoms with E-state index >= 15 is 0 Å². The summed E-state index contributed by atoms with van der Waals surface area (Å²) in [4.78, 5) is 11.4. The van der Waals surface area contributed by atoms with Gasteiger partial charge in [-0.1, -0.05) is 6.58 Å². The standard InChI is InChI=1S/C25H28N8O3/c1-5-18(30-33(26)16-34)15-32(20-8-21(35-3)11-22(9-20)36-4)19-6-7-23-24(10-19)29-25(13-27-23)17-12-28-31(2)14-17/h5-14,34H,1,15-16,26H2,2-4H3/b30-18+. The zero-order valence-corrected chi connectivity index (χ0v) is 20.4. The Bertz CT molecular complexity index is 1380. The van der Waals surface area contributed by atoms with Gasteiger partial charge >= 0.3 is 0 Å². The molecule has 2 aromatic carbocycles. The summed E-state index contributed by atoms with van der Waals surface area (Å²) in [5.41, 5.74) is 5.18. The number of methoxy groups -OCH3 is 2. The lowest BCUT2D eigenvalue weighted by molar-refractivity contribution is 0.112. The number of aryl methyl sites for hydroxylation is 1. The highest BCUT2D eigenvalue weighted by Gasteiger charge is 2.16. The Morgan fingerprint density at radius 3 is 2.47 bits per heavy atom. The Morgan fingerprint density at radius 1 is 1.11 bits per heavy atom. The van der Waals surface area contributed by atoms with Crippen LogP contribution in [-0.4, -0.2) is 63.2 Å². The summed E-state index contributed by atoms with van der Waals surface area (Å²) >= 11 is 0. The Hall–Kier alpha value is -4.48. The van der Waals surface area contributed by atoms with Crippen molar-refractivity contribution in [1.29, 1.82) is 0 Å². The van der Waals surface area contributed by atoms with E-state index in [2.05, 4.69) is 21.8 Å². The van der Waals surface area contributed by atoms with E-state index in [9.17, 15) is 5.11 Å². The molecule has 0 aliphatic rings. The van der Waals surface area contributed by atoms with Crippen LogP contribution < -0.4 is 20.2 Å². The lowest BCUT2D eigenvalue weighted by Gasteiger charge is -2.26. The van der Waals surface area contributed by atoms with Crippen molar-refractivity contribution in [3.05, 3.63) is 67.6 Å². The average Bonchev–Trinajstić information content (AvgIpc) is 3.35. The number of hydrogen-bond donors (Lipinski definition) is 2. The van der Waals surface area contributed by atoms with Crippen LogP contribution >= 0.6 is 0 Å². The second-order valence-electron chi connectivity index (χ2n) is 7.86. The van der Waals surface area contributed by atoms with Crippen molar-refractivity contribution < 1.29 is 14.6 Å². The van der Waals surface area contributed by atoms with Crippen molar-refractivity contribution in [2.45, 2.75) is 0 Å². The van der Waals surface area contributed by atoms with E-state index in [4.69, 9.17) is 20.3 Å². The van der Waals surface area contributed by atoms with Crippen molar-refractivity contribution in [3.63, 3.8) is 0 Å². The number of aromatic nitrogens is 4. The molecule has 2 aromatic heterocycles. The second kappa shape index (κ2) is 10.8. The molecule has 36 heavy (non-hydrogen) atoms. The number of rotatable bonds is 10. The number of aliphatic hydroxyl groups excluding tert-OH is 1. The normalized spacial score (nSPS) is 11.4. The summed E-state index contributed by atoms with van der Waals surface area (Å²) in [6.07, 6.45) is 6.96. The maximum absolute atomic E-state index is 9.32. The largest absolute Gasteiger partial charge is 0.497 e. The summed E-state index contributed by atoms with van der Waals surface area (Å²) in [5.74, 6) is 6.96. The molecule has 4 rings (SSSR count). The third-order valence-electron chi connectivity index (χ3n) is 5.44. The first kappa shape index (κ1) is 24.6. The predicted molar refractivity (Wildman–Crippen MR) is 139 cm³/mol. The van der Waals surface area contributed by atoms with Gasteiger partial charge in [-0.15, -0.1) is 0 Å². The first-order valence-electron chi connectivity index (χ1n) is 11.0. The van der Waals surface area contributed by atoms with Gasteiger partial charge in [-0.05, 0) is 24.3 Å². The minimum absolute atomic E-state index is 0.286. The van der Waals surface area contributed by atoms with Gasteiger partial charge in [-0.2, -0.15) is 10.2 Å². The van der Waals surface area contributed by atoms with Gasteiger partial charge < -0.3 is 19.5 Å². The molecular formula is C25H28N8O3. The molecule has 0 aliphatic carbocycles. The lowest BCUT2D eigenvalue weighted by atomic mass is 10.1. The maximum Gasteiger partial charge on any atom is 0.148 e. The highest BCUT2D eigenvalue weighted by atomic mass is 16.5. The molecular weight excluding hydrogens is 460 g/mol. The summed E-state index contributed by atoms with van der Waals surface area (Å²) < 4.78 is 12.7. The molecule has 0 saturated carbocycles. The van der Waals surface area contributed by atoms with Crippen molar-refractivity contribution in [1.82, 2.24) is 24.9 Å². The number of hydrazine groups is 1. The molecule has 0 saturated heterocycles. The van der Waals surface area contributed by atoms with Crippen LogP contribution in [-0.2, 0) is 7.05 Å². The molecule has 0 bridgehead atoms. The van der Waals surface area contributed by atoms with Crippen molar-refractivity contribution >= 4 is 28.1 Å². The SMILES string of the molecule is C=C/C(CN(c1cc(OC)cc(OC)c1)c1ccc2ncc(-c3cnn(C)c3)nc2c1)=N\N(N)CO. The zero-order chi connectivity index (χ0) is 25.7. The van der Waals surface area contributed by atoms with Gasteiger partial charge in [0.05, 0.1) is 55.6 Å². The Labute approximate surface area is 208 Å². The first-order valence-corrected chi connectivity index (χ1v) is 11.0. The molecule has 3 N–H and O–H groups in total. The van der Waals surface area contributed by atoms with Gasteiger partial charge in [0, 0.05) is 48.4 Å². The molecule has 0 atom stereocenters. The van der Waals surface area contributed by atoms with E-state index in [1.807, 2.05) is 48.5 Å². The topological polar surface area (TPSA) is 127 Å². The van der Waals surface area contributed by atoms with Crippen LogP contribution in [0.3, 0.4) is 0 Å². The molecule has 0 radical (unpaired) electrons. The number of nitrogens with two attached hydrogens (primary N) is 1. The highest BCUT2D eigenvalue weighted by molar-refractivity contribution is 5.99. The van der Waals surface area contributed by atoms with Gasteiger partial charge in [-0.3, -0.25) is 9.67 Å². The zero-order valence-electron chi connectivity index (χ0n) is 20.4. The number of hydrazone groups is 1. The first-order chi connectivity index (χ1) is 17.4. The van der Waals surface area contributed by atoms with Crippen LogP contribution in [0, 0.1) is 0 Å². The van der Waals surface area contributed by atoms with E-state index in [-0.39, 0.29) is 6.54 Å². The summed E-state index contributed by atoms with van der Waals surface area (Å²) in [5, 5.41) is 18.7. The van der Waals surface area contributed by atoms with Crippen LogP contribution in [0.5, 0.6) is 11.5 Å². The minimum Gasteiger partial charge on any atom is -0.497 e. The Kier molecular flexibility index (Phi) is 7.42. The molecule has 0 unspecified atom stereocenters. The summed E-state index contributed by atoms with van der Waals surface area (Å²) in [7, 11) is 5.05. The number of ether oxygens (including phenoxy) is 2. The van der Waals surface area contributed by atoms with Gasteiger partial charge in [0.25, 0.3) is 0 Å². The van der Waals surface area contributed by atoms with E-state index in [0.29, 0.717) is 22.7 Å². The fraction of sp³-hybridized carbons (Fsp3) is 0.200. The molecule has 186 valence electrons. The van der Waals surface area contributed by atoms with Crippen LogP contribution in [0.15, 0.2) is 72.7 Å². The minimum atomic E-state index is -0.437. The van der Waals surface area contributed by atoms with Gasteiger partial charge in [0.15, 0.2) is 0 Å². The summed E-state index contributed by atoms with van der Waals surface area (Å²) in [6, 6.07) is 11.4. The number of nitrogens with zero attached hydrogens (tertiary/aromatic N) is 7. The quantitative estimate of drug-likeness (QED) is 0.150. The predicted octanol–water partition coefficient (Wildman–Crippen LogP) is 2.85. The second-order valence-corrected chi connectivity index (χ2v) is 7.86. The van der Waals surface area contributed by atoms with Crippen LogP contribution in [0.1, 0.15) is 0 Å². The fourth-order valence-electron chi connectivity index (χ4n) is 3.64. The molecule has 2 heterocycles. The van der Waals surface area contributed by atoms with Gasteiger partial charge in [0.2, 0.25) is 0 Å². The fourth-order valence-corrected chi connectivity index (χ4v) is 3.64. The lowest BCUT2D eigenvalue weighted by Crippen LogP contribution is -2.31. The summed E-state index contributed by atoms with van der Waals surface area (Å²) in [6.45, 7) is 3.70. The third kappa shape index (κ3) is 5.43. The van der Waals surface area contributed by atoms with Crippen molar-refractivity contribution in [2.75, 3.05) is 32.4 Å². The van der Waals surface area contributed by atoms with E-state index in [1.54, 1.807) is 43.4 Å². The van der Waals surface area contributed by atoms with Crippen LogP contribution in [0.25, 0.3) is 22.3 Å². The van der Waals surface area contributed by atoms with Crippen molar-refractivity contribution in [3.8, 4) is 22.8 Å². The Morgan fingerprint density at radius 2 is 1.86 bits per heavy atom. The number of hydrogen-bond acceptors (Lipinski definition) is 10. The van der Waals surface area contributed by atoms with E-state index in [1.165, 1.54) is 0 Å². The molecule has 0 fully saturated rings.